The van der Waals surface area contributed by atoms with Crippen LogP contribution in [0.3, 0.4) is 0 Å². The second kappa shape index (κ2) is 15.1. The molecule has 0 spiro atoms. The lowest BCUT2D eigenvalue weighted by Gasteiger charge is -2.36. The quantitative estimate of drug-likeness (QED) is 0.154. The molecule has 0 aliphatic heterocycles. The molecule has 2 aliphatic carbocycles. The molecular weight excluding hydrogens is 839 g/mol. The van der Waals surface area contributed by atoms with Crippen LogP contribution in [0.5, 0.6) is 0 Å². The molecular formula is C66H43NS. The Labute approximate surface area is 400 Å². The van der Waals surface area contributed by atoms with Crippen molar-refractivity contribution in [3.63, 3.8) is 0 Å². The molecule has 68 heavy (non-hydrogen) atoms. The van der Waals surface area contributed by atoms with Gasteiger partial charge in [0.05, 0.1) is 10.8 Å². The molecule has 1 aromatic heterocycles. The van der Waals surface area contributed by atoms with Crippen LogP contribution in [0.15, 0.2) is 261 Å². The highest BCUT2D eigenvalue weighted by Crippen LogP contribution is 2.60. The van der Waals surface area contributed by atoms with Crippen molar-refractivity contribution in [3.8, 4) is 22.3 Å². The van der Waals surface area contributed by atoms with Crippen molar-refractivity contribution in [1.82, 2.24) is 0 Å². The van der Waals surface area contributed by atoms with Crippen molar-refractivity contribution >= 4 is 59.3 Å². The summed E-state index contributed by atoms with van der Waals surface area (Å²) in [7, 11) is 0. The minimum absolute atomic E-state index is 0.522. The number of hydrogen-bond acceptors (Lipinski definition) is 2. The molecule has 1 heterocycles. The van der Waals surface area contributed by atoms with Gasteiger partial charge in [0.1, 0.15) is 0 Å². The molecule has 0 amide bonds. The van der Waals surface area contributed by atoms with Crippen LogP contribution in [-0.2, 0) is 10.8 Å². The summed E-state index contributed by atoms with van der Waals surface area (Å²) in [4.78, 5) is 2.48. The van der Waals surface area contributed by atoms with Gasteiger partial charge in [-0.05, 0) is 126 Å². The average molecular weight is 882 g/mol. The average Bonchev–Trinajstić information content (AvgIpc) is 4.04. The van der Waals surface area contributed by atoms with Crippen molar-refractivity contribution in [2.24, 2.45) is 0 Å². The zero-order valence-electron chi connectivity index (χ0n) is 37.2. The number of para-hydroxylation sites is 1. The number of fused-ring (bicyclic) bond motifs is 11. The Morgan fingerprint density at radius 2 is 0.750 bits per heavy atom. The van der Waals surface area contributed by atoms with Crippen LogP contribution in [0, 0.1) is 0 Å². The standard InChI is InChI=1S/C66H43NS/c1-5-20-45(21-6-1)65(46-22-7-2-8-23-46)59-31-17-15-29-53(59)55-38-35-50(42-61(55)65)67(49-26-11-4-12-27-49)51-36-39-56-54-30-16-18-32-60(54)66(62(56)43-51,47-24-9-3-10-25-47)48-34-40-63-58(41-48)57-37-33-44-19-13-14-28-52(44)64(57)68-63/h1-43H. The summed E-state index contributed by atoms with van der Waals surface area (Å²) in [5.74, 6) is 0. The third-order valence-electron chi connectivity index (χ3n) is 15.0. The molecule has 1 atom stereocenters. The van der Waals surface area contributed by atoms with Crippen molar-refractivity contribution in [2.75, 3.05) is 4.90 Å². The van der Waals surface area contributed by atoms with Crippen LogP contribution in [-0.4, -0.2) is 0 Å². The zero-order chi connectivity index (χ0) is 44.8. The van der Waals surface area contributed by atoms with Crippen LogP contribution in [0.4, 0.5) is 17.1 Å². The van der Waals surface area contributed by atoms with Gasteiger partial charge in [-0.15, -0.1) is 11.3 Å². The van der Waals surface area contributed by atoms with Crippen molar-refractivity contribution < 1.29 is 0 Å². The lowest BCUT2D eigenvalue weighted by Crippen LogP contribution is -2.29. The zero-order valence-corrected chi connectivity index (χ0v) is 38.0. The highest BCUT2D eigenvalue weighted by Gasteiger charge is 2.48. The summed E-state index contributed by atoms with van der Waals surface area (Å²) in [6.45, 7) is 0. The van der Waals surface area contributed by atoms with E-state index in [1.165, 1.54) is 97.7 Å². The number of benzene rings is 11. The van der Waals surface area contributed by atoms with E-state index in [1.807, 2.05) is 11.3 Å². The molecule has 0 radical (unpaired) electrons. The molecule has 14 rings (SSSR count). The molecule has 0 fully saturated rings. The molecule has 2 heteroatoms. The third-order valence-corrected chi connectivity index (χ3v) is 16.2. The Morgan fingerprint density at radius 3 is 1.32 bits per heavy atom. The van der Waals surface area contributed by atoms with Crippen molar-refractivity contribution in [2.45, 2.75) is 10.8 Å². The van der Waals surface area contributed by atoms with Gasteiger partial charge in [0, 0.05) is 37.2 Å². The van der Waals surface area contributed by atoms with Crippen LogP contribution in [0.2, 0.25) is 0 Å². The number of thiophene rings is 1. The van der Waals surface area contributed by atoms with E-state index in [4.69, 9.17) is 0 Å². The lowest BCUT2D eigenvalue weighted by molar-refractivity contribution is 0.768. The van der Waals surface area contributed by atoms with Gasteiger partial charge < -0.3 is 4.90 Å². The largest absolute Gasteiger partial charge is 0.310 e. The summed E-state index contributed by atoms with van der Waals surface area (Å²) in [6, 6.07) is 97.6. The first-order valence-electron chi connectivity index (χ1n) is 23.6. The highest BCUT2D eigenvalue weighted by molar-refractivity contribution is 7.26. The molecule has 1 nitrogen and oxygen atoms in total. The lowest BCUT2D eigenvalue weighted by atomic mass is 9.67. The molecule has 0 bridgehead atoms. The van der Waals surface area contributed by atoms with E-state index >= 15 is 0 Å². The smallest absolute Gasteiger partial charge is 0.0714 e. The van der Waals surface area contributed by atoms with E-state index in [2.05, 4.69) is 266 Å². The van der Waals surface area contributed by atoms with Gasteiger partial charge >= 0.3 is 0 Å². The van der Waals surface area contributed by atoms with Gasteiger partial charge in [-0.3, -0.25) is 0 Å². The number of rotatable bonds is 7. The monoisotopic (exact) mass is 881 g/mol. The second-order valence-electron chi connectivity index (χ2n) is 18.3. The maximum atomic E-state index is 2.51. The van der Waals surface area contributed by atoms with Crippen LogP contribution >= 0.6 is 11.3 Å². The molecule has 1 unspecified atom stereocenters. The van der Waals surface area contributed by atoms with Gasteiger partial charge in [-0.2, -0.15) is 0 Å². The predicted molar refractivity (Wildman–Crippen MR) is 286 cm³/mol. The Hall–Kier alpha value is -8.30. The topological polar surface area (TPSA) is 3.24 Å². The Morgan fingerprint density at radius 1 is 0.279 bits per heavy atom. The van der Waals surface area contributed by atoms with Gasteiger partial charge in [-0.1, -0.05) is 212 Å². The number of anilines is 3. The van der Waals surface area contributed by atoms with Crippen LogP contribution in [0.25, 0.3) is 53.2 Å². The highest BCUT2D eigenvalue weighted by atomic mass is 32.1. The Balaban J connectivity index is 1.03. The second-order valence-corrected chi connectivity index (χ2v) is 19.3. The summed E-state index contributed by atoms with van der Waals surface area (Å²) < 4.78 is 2.65. The molecule has 11 aromatic carbocycles. The minimum atomic E-state index is -0.597. The molecule has 2 aliphatic rings. The first-order valence-corrected chi connectivity index (χ1v) is 24.4. The molecule has 12 aromatic rings. The predicted octanol–water partition coefficient (Wildman–Crippen LogP) is 17.4. The number of nitrogens with zero attached hydrogens (tertiary/aromatic N) is 1. The molecule has 0 N–H and O–H groups in total. The summed E-state index contributed by atoms with van der Waals surface area (Å²) in [5, 5.41) is 5.20. The van der Waals surface area contributed by atoms with E-state index in [0.29, 0.717) is 0 Å². The normalized spacial score (nSPS) is 15.2. The Bertz CT molecular complexity index is 3870. The maximum absolute atomic E-state index is 2.51. The summed E-state index contributed by atoms with van der Waals surface area (Å²) in [5.41, 5.74) is 17.5. The molecule has 0 saturated heterocycles. The van der Waals surface area contributed by atoms with Gasteiger partial charge in [-0.25, -0.2) is 0 Å². The van der Waals surface area contributed by atoms with Crippen LogP contribution < -0.4 is 4.90 Å². The van der Waals surface area contributed by atoms with Crippen molar-refractivity contribution in [1.29, 1.82) is 0 Å². The first-order chi connectivity index (χ1) is 33.7. The van der Waals surface area contributed by atoms with E-state index in [0.717, 1.165) is 17.1 Å². The van der Waals surface area contributed by atoms with E-state index in [1.54, 1.807) is 0 Å². The molecule has 0 saturated carbocycles. The molecule has 318 valence electrons. The van der Waals surface area contributed by atoms with E-state index < -0.39 is 10.8 Å². The number of hydrogen-bond donors (Lipinski definition) is 0. The summed E-state index contributed by atoms with van der Waals surface area (Å²) >= 11 is 1.90. The van der Waals surface area contributed by atoms with E-state index in [-0.39, 0.29) is 0 Å². The fourth-order valence-electron chi connectivity index (χ4n) is 12.2. The SMILES string of the molecule is c1ccc(N(c2ccc3c(c2)C(c2ccccc2)(c2ccccc2)c2ccccc2-3)c2ccc3c(c2)C(c2ccccc2)(c2ccc4sc5c6ccccc6ccc5c4c2)c2ccccc2-3)cc1. The van der Waals surface area contributed by atoms with Gasteiger partial charge in [0.15, 0.2) is 0 Å². The summed E-state index contributed by atoms with van der Waals surface area (Å²) in [6.07, 6.45) is 0. The third kappa shape index (κ3) is 5.44. The fraction of sp³-hybridized carbons (Fsp3) is 0.0303. The van der Waals surface area contributed by atoms with Crippen LogP contribution in [0.1, 0.15) is 44.5 Å². The first kappa shape index (κ1) is 38.9. The maximum Gasteiger partial charge on any atom is 0.0714 e. The Kier molecular flexibility index (Phi) is 8.65. The minimum Gasteiger partial charge on any atom is -0.310 e. The fourth-order valence-corrected chi connectivity index (χ4v) is 13.4. The van der Waals surface area contributed by atoms with Gasteiger partial charge in [0.25, 0.3) is 0 Å². The van der Waals surface area contributed by atoms with Gasteiger partial charge in [0.2, 0.25) is 0 Å². The van der Waals surface area contributed by atoms with Crippen molar-refractivity contribution in [3.05, 3.63) is 305 Å². The van der Waals surface area contributed by atoms with E-state index in [9.17, 15) is 0 Å².